The summed E-state index contributed by atoms with van der Waals surface area (Å²) in [5.74, 6) is 0.614. The smallest absolute Gasteiger partial charge is 0.224 e. The molecule has 0 aromatic carbocycles. The summed E-state index contributed by atoms with van der Waals surface area (Å²) in [5, 5.41) is 3.59. The number of anilines is 1. The number of nitrogens with one attached hydrogen (secondary N) is 1. The summed E-state index contributed by atoms with van der Waals surface area (Å²) in [5.41, 5.74) is 0. The van der Waals surface area contributed by atoms with Gasteiger partial charge in [-0.2, -0.15) is 0 Å². The molecule has 0 amide bonds. The lowest BCUT2D eigenvalue weighted by Crippen LogP contribution is -2.04. The molecule has 0 atom stereocenters. The first-order valence-corrected chi connectivity index (χ1v) is 4.93. The summed E-state index contributed by atoms with van der Waals surface area (Å²) in [4.78, 5) is 8.04. The fraction of sp³-hybridized carbons (Fsp3) is 0.556. The minimum Gasteiger partial charge on any atom is -0.354 e. The van der Waals surface area contributed by atoms with E-state index >= 15 is 0 Å². The Morgan fingerprint density at radius 2 is 2.31 bits per heavy atom. The van der Waals surface area contributed by atoms with Gasteiger partial charge in [0.2, 0.25) is 5.95 Å². The van der Waals surface area contributed by atoms with Crippen molar-refractivity contribution >= 4 is 17.5 Å². The Bertz CT molecular complexity index is 252. The lowest BCUT2D eigenvalue weighted by molar-refractivity contribution is 0.740. The van der Waals surface area contributed by atoms with Crippen molar-refractivity contribution in [2.45, 2.75) is 26.2 Å². The molecule has 0 radical (unpaired) electrons. The van der Waals surface area contributed by atoms with Crippen molar-refractivity contribution in [3.8, 4) is 0 Å². The highest BCUT2D eigenvalue weighted by Gasteiger charge is 1.94. The topological polar surface area (TPSA) is 37.8 Å². The highest BCUT2D eigenvalue weighted by molar-refractivity contribution is 6.29. The molecule has 1 heterocycles. The van der Waals surface area contributed by atoms with Gasteiger partial charge in [-0.3, -0.25) is 0 Å². The zero-order valence-corrected chi connectivity index (χ0v) is 8.51. The minimum absolute atomic E-state index is 0.480. The van der Waals surface area contributed by atoms with E-state index in [1.807, 2.05) is 0 Å². The van der Waals surface area contributed by atoms with Gasteiger partial charge < -0.3 is 5.32 Å². The van der Waals surface area contributed by atoms with Crippen LogP contribution in [0.1, 0.15) is 26.2 Å². The molecule has 0 aliphatic rings. The van der Waals surface area contributed by atoms with Gasteiger partial charge in [-0.15, -0.1) is 0 Å². The van der Waals surface area contributed by atoms with E-state index in [4.69, 9.17) is 11.6 Å². The van der Waals surface area contributed by atoms with E-state index in [-0.39, 0.29) is 0 Å². The van der Waals surface area contributed by atoms with Gasteiger partial charge in [0.05, 0.1) is 0 Å². The van der Waals surface area contributed by atoms with Crippen molar-refractivity contribution in [2.24, 2.45) is 0 Å². The van der Waals surface area contributed by atoms with Crippen LogP contribution in [0.3, 0.4) is 0 Å². The maximum absolute atomic E-state index is 5.69. The van der Waals surface area contributed by atoms with Crippen molar-refractivity contribution in [1.29, 1.82) is 0 Å². The first-order valence-electron chi connectivity index (χ1n) is 4.55. The van der Waals surface area contributed by atoms with Crippen LogP contribution in [0.2, 0.25) is 5.15 Å². The van der Waals surface area contributed by atoms with Crippen molar-refractivity contribution in [1.82, 2.24) is 9.97 Å². The van der Waals surface area contributed by atoms with E-state index < -0.39 is 0 Å². The molecule has 1 aromatic heterocycles. The molecule has 13 heavy (non-hydrogen) atoms. The number of aromatic nitrogens is 2. The van der Waals surface area contributed by atoms with Crippen LogP contribution >= 0.6 is 11.6 Å². The van der Waals surface area contributed by atoms with Gasteiger partial charge in [0.15, 0.2) is 0 Å². The zero-order valence-electron chi connectivity index (χ0n) is 7.76. The fourth-order valence-electron chi connectivity index (χ4n) is 0.997. The normalized spacial score (nSPS) is 10.0. The van der Waals surface area contributed by atoms with E-state index in [1.165, 1.54) is 12.8 Å². The third kappa shape index (κ3) is 4.08. The summed E-state index contributed by atoms with van der Waals surface area (Å²) in [6.45, 7) is 3.09. The second-order valence-corrected chi connectivity index (χ2v) is 3.22. The molecule has 1 N–H and O–H groups in total. The summed E-state index contributed by atoms with van der Waals surface area (Å²) < 4.78 is 0. The first kappa shape index (κ1) is 10.3. The maximum Gasteiger partial charge on any atom is 0.224 e. The fourth-order valence-corrected chi connectivity index (χ4v) is 1.13. The molecule has 0 spiro atoms. The first-order chi connectivity index (χ1) is 6.33. The van der Waals surface area contributed by atoms with E-state index in [9.17, 15) is 0 Å². The molecule has 3 nitrogen and oxygen atoms in total. The van der Waals surface area contributed by atoms with Crippen LogP contribution in [0.5, 0.6) is 0 Å². The maximum atomic E-state index is 5.69. The molecule has 0 aliphatic carbocycles. The van der Waals surface area contributed by atoms with E-state index in [0.717, 1.165) is 13.0 Å². The predicted octanol–water partition coefficient (Wildman–Crippen LogP) is 2.73. The molecule has 1 aromatic rings. The molecule has 0 saturated carbocycles. The molecule has 0 bridgehead atoms. The molecular formula is C9H14ClN3. The lowest BCUT2D eigenvalue weighted by atomic mass is 10.2. The second-order valence-electron chi connectivity index (χ2n) is 2.84. The van der Waals surface area contributed by atoms with Gasteiger partial charge in [-0.25, -0.2) is 9.97 Å². The van der Waals surface area contributed by atoms with Gasteiger partial charge in [-0.05, 0) is 12.5 Å². The van der Waals surface area contributed by atoms with Gasteiger partial charge in [-0.1, -0.05) is 31.4 Å². The zero-order chi connectivity index (χ0) is 9.52. The van der Waals surface area contributed by atoms with Crippen LogP contribution in [-0.4, -0.2) is 16.5 Å². The van der Waals surface area contributed by atoms with Crippen LogP contribution in [0.4, 0.5) is 5.95 Å². The van der Waals surface area contributed by atoms with Crippen molar-refractivity contribution < 1.29 is 0 Å². The summed E-state index contributed by atoms with van der Waals surface area (Å²) in [6.07, 6.45) is 5.25. The van der Waals surface area contributed by atoms with E-state index in [1.54, 1.807) is 12.3 Å². The number of rotatable bonds is 5. The number of unbranched alkanes of at least 4 members (excludes halogenated alkanes) is 2. The summed E-state index contributed by atoms with van der Waals surface area (Å²) in [6, 6.07) is 1.67. The standard InChI is InChI=1S/C9H14ClN3/c1-2-3-4-6-11-9-12-7-5-8(10)13-9/h5,7H,2-4,6H2,1H3,(H,11,12,13). The lowest BCUT2D eigenvalue weighted by Gasteiger charge is -2.02. The monoisotopic (exact) mass is 199 g/mol. The summed E-state index contributed by atoms with van der Waals surface area (Å²) in [7, 11) is 0. The third-order valence-corrected chi connectivity index (χ3v) is 1.90. The average molecular weight is 200 g/mol. The minimum atomic E-state index is 0.480. The molecule has 72 valence electrons. The number of hydrogen-bond donors (Lipinski definition) is 1. The Hall–Kier alpha value is -0.830. The molecule has 1 rings (SSSR count). The van der Waals surface area contributed by atoms with Gasteiger partial charge in [0.1, 0.15) is 5.15 Å². The Balaban J connectivity index is 2.28. The number of halogens is 1. The number of hydrogen-bond acceptors (Lipinski definition) is 3. The summed E-state index contributed by atoms with van der Waals surface area (Å²) >= 11 is 5.69. The largest absolute Gasteiger partial charge is 0.354 e. The molecule has 0 aliphatic heterocycles. The van der Waals surface area contributed by atoms with Crippen LogP contribution in [-0.2, 0) is 0 Å². The Kier molecular flexibility index (Phi) is 4.54. The Morgan fingerprint density at radius 1 is 1.46 bits per heavy atom. The van der Waals surface area contributed by atoms with Crippen LogP contribution in [0.15, 0.2) is 12.3 Å². The second kappa shape index (κ2) is 5.75. The molecule has 0 saturated heterocycles. The van der Waals surface area contributed by atoms with Crippen LogP contribution in [0.25, 0.3) is 0 Å². The Morgan fingerprint density at radius 3 is 3.00 bits per heavy atom. The molecule has 0 fully saturated rings. The van der Waals surface area contributed by atoms with Crippen molar-refractivity contribution in [3.63, 3.8) is 0 Å². The Labute approximate surface area is 83.5 Å². The molecular weight excluding hydrogens is 186 g/mol. The third-order valence-electron chi connectivity index (χ3n) is 1.69. The molecule has 4 heteroatoms. The molecule has 0 unspecified atom stereocenters. The SMILES string of the molecule is CCCCCNc1nccc(Cl)n1. The van der Waals surface area contributed by atoms with E-state index in [2.05, 4.69) is 22.2 Å². The van der Waals surface area contributed by atoms with Crippen molar-refractivity contribution in [3.05, 3.63) is 17.4 Å². The van der Waals surface area contributed by atoms with Gasteiger partial charge in [0.25, 0.3) is 0 Å². The van der Waals surface area contributed by atoms with Gasteiger partial charge in [0, 0.05) is 12.7 Å². The highest BCUT2D eigenvalue weighted by atomic mass is 35.5. The van der Waals surface area contributed by atoms with Crippen LogP contribution < -0.4 is 5.32 Å². The van der Waals surface area contributed by atoms with Crippen molar-refractivity contribution in [2.75, 3.05) is 11.9 Å². The van der Waals surface area contributed by atoms with Crippen LogP contribution in [0, 0.1) is 0 Å². The average Bonchev–Trinajstić information content (AvgIpc) is 2.13. The quantitative estimate of drug-likeness (QED) is 0.586. The van der Waals surface area contributed by atoms with Gasteiger partial charge >= 0.3 is 0 Å². The predicted molar refractivity (Wildman–Crippen MR) is 55.1 cm³/mol. The highest BCUT2D eigenvalue weighted by Crippen LogP contribution is 2.05. The number of nitrogens with zero attached hydrogens (tertiary/aromatic N) is 2. The van der Waals surface area contributed by atoms with E-state index in [0.29, 0.717) is 11.1 Å².